The molecule has 0 saturated carbocycles. The van der Waals surface area contributed by atoms with E-state index in [-0.39, 0.29) is 5.91 Å². The minimum atomic E-state index is -0.0822. The van der Waals surface area contributed by atoms with E-state index >= 15 is 0 Å². The predicted octanol–water partition coefficient (Wildman–Crippen LogP) is 1.69. The monoisotopic (exact) mass is 186 g/mol. The molecule has 1 aliphatic heterocycles. The number of fused-ring (bicyclic) bond motifs is 1. The van der Waals surface area contributed by atoms with Gasteiger partial charge in [0.05, 0.1) is 23.5 Å². The van der Waals surface area contributed by atoms with E-state index in [9.17, 15) is 4.79 Å². The summed E-state index contributed by atoms with van der Waals surface area (Å²) in [7, 11) is 0. The van der Waals surface area contributed by atoms with Gasteiger partial charge < -0.3 is 5.32 Å². The Morgan fingerprint density at radius 1 is 1.43 bits per heavy atom. The Morgan fingerprint density at radius 2 is 2.21 bits per heavy atom. The van der Waals surface area contributed by atoms with E-state index in [1.165, 1.54) is 0 Å². The first-order valence-electron chi connectivity index (χ1n) is 4.38. The summed E-state index contributed by atoms with van der Waals surface area (Å²) < 4.78 is 0. The molecule has 1 aromatic carbocycles. The molecule has 14 heavy (non-hydrogen) atoms. The van der Waals surface area contributed by atoms with Crippen molar-refractivity contribution in [2.24, 2.45) is 4.99 Å². The van der Waals surface area contributed by atoms with Gasteiger partial charge in [-0.1, -0.05) is 18.7 Å². The van der Waals surface area contributed by atoms with Crippen LogP contribution in [0.5, 0.6) is 0 Å². The summed E-state index contributed by atoms with van der Waals surface area (Å²) in [5.41, 5.74) is 2.10. The third-order valence-electron chi connectivity index (χ3n) is 2.08. The molecule has 3 heteroatoms. The van der Waals surface area contributed by atoms with E-state index in [1.54, 1.807) is 12.1 Å². The van der Waals surface area contributed by atoms with Gasteiger partial charge in [-0.2, -0.15) is 0 Å². The van der Waals surface area contributed by atoms with Gasteiger partial charge in [0.2, 0.25) is 0 Å². The number of para-hydroxylation sites is 1. The molecule has 1 N–H and O–H groups in total. The van der Waals surface area contributed by atoms with Crippen molar-refractivity contribution in [3.05, 3.63) is 42.5 Å². The fraction of sp³-hybridized carbons (Fsp3) is 0.0909. The lowest BCUT2D eigenvalue weighted by Gasteiger charge is -2.00. The molecule has 0 atom stereocenters. The maximum absolute atomic E-state index is 11.5. The van der Waals surface area contributed by atoms with E-state index in [0.29, 0.717) is 17.8 Å². The normalized spacial score (nSPS) is 14.9. The maximum atomic E-state index is 11.5. The van der Waals surface area contributed by atoms with Crippen LogP contribution in [0.25, 0.3) is 0 Å². The van der Waals surface area contributed by atoms with Crippen molar-refractivity contribution in [1.82, 2.24) is 5.32 Å². The zero-order chi connectivity index (χ0) is 9.97. The Hall–Kier alpha value is -1.90. The largest absolute Gasteiger partial charge is 0.346 e. The summed E-state index contributed by atoms with van der Waals surface area (Å²) in [5, 5.41) is 2.76. The van der Waals surface area contributed by atoms with Crippen molar-refractivity contribution in [1.29, 1.82) is 0 Å². The maximum Gasteiger partial charge on any atom is 0.253 e. The summed E-state index contributed by atoms with van der Waals surface area (Å²) in [4.78, 5) is 15.9. The lowest BCUT2D eigenvalue weighted by molar-refractivity contribution is 0.0961. The molecule has 0 aromatic heterocycles. The molecule has 0 saturated heterocycles. The number of rotatable bonds is 1. The summed E-state index contributed by atoms with van der Waals surface area (Å²) in [6.07, 6.45) is 1.66. The van der Waals surface area contributed by atoms with Gasteiger partial charge in [-0.3, -0.25) is 9.79 Å². The fourth-order valence-corrected chi connectivity index (χ4v) is 1.34. The Morgan fingerprint density at radius 3 is 3.00 bits per heavy atom. The van der Waals surface area contributed by atoms with Crippen LogP contribution in [0.2, 0.25) is 0 Å². The van der Waals surface area contributed by atoms with Gasteiger partial charge in [0.25, 0.3) is 5.91 Å². The number of nitrogens with one attached hydrogen (secondary N) is 1. The molecule has 1 amide bonds. The van der Waals surface area contributed by atoms with Crippen LogP contribution in [0.4, 0.5) is 5.69 Å². The number of nitrogens with zero attached hydrogens (tertiary/aromatic N) is 1. The summed E-state index contributed by atoms with van der Waals surface area (Å²) in [5.74, 6) is -0.0822. The molecule has 0 unspecified atom stereocenters. The van der Waals surface area contributed by atoms with Gasteiger partial charge in [0, 0.05) is 0 Å². The zero-order valence-corrected chi connectivity index (χ0v) is 7.66. The predicted molar refractivity (Wildman–Crippen MR) is 56.1 cm³/mol. The second kappa shape index (κ2) is 3.46. The molecule has 1 heterocycles. The van der Waals surface area contributed by atoms with E-state index in [1.807, 2.05) is 18.2 Å². The molecule has 0 spiro atoms. The van der Waals surface area contributed by atoms with E-state index in [0.717, 1.165) is 5.71 Å². The first kappa shape index (κ1) is 8.69. The Kier molecular flexibility index (Phi) is 2.14. The van der Waals surface area contributed by atoms with Crippen molar-refractivity contribution in [2.45, 2.75) is 0 Å². The molecule has 0 aliphatic carbocycles. The van der Waals surface area contributed by atoms with Gasteiger partial charge in [0.1, 0.15) is 0 Å². The molecule has 1 aliphatic rings. The molecule has 2 rings (SSSR count). The highest BCUT2D eigenvalue weighted by Gasteiger charge is 2.13. The van der Waals surface area contributed by atoms with Gasteiger partial charge in [0.15, 0.2) is 0 Å². The molecule has 3 nitrogen and oxygen atoms in total. The second-order valence-electron chi connectivity index (χ2n) is 3.01. The van der Waals surface area contributed by atoms with Crippen LogP contribution in [0.15, 0.2) is 41.9 Å². The standard InChI is InChI=1S/C11H10N2O/c1-2-8-7-12-11(14)9-5-3-4-6-10(9)13-8/h2-6H,1,7H2,(H,12,14). The Balaban J connectivity index is 2.55. The molecule has 0 bridgehead atoms. The molecule has 0 radical (unpaired) electrons. The first-order chi connectivity index (χ1) is 6.81. The third-order valence-corrected chi connectivity index (χ3v) is 2.08. The lowest BCUT2D eigenvalue weighted by Crippen LogP contribution is -2.26. The summed E-state index contributed by atoms with van der Waals surface area (Å²) in [6.45, 7) is 4.08. The molecule has 70 valence electrons. The highest BCUT2D eigenvalue weighted by atomic mass is 16.1. The molecular formula is C11H10N2O. The number of amides is 1. The number of aliphatic imine (C=N–C) groups is 1. The number of carbonyl (C=O) groups excluding carboxylic acids is 1. The van der Waals surface area contributed by atoms with Crippen LogP contribution >= 0.6 is 0 Å². The van der Waals surface area contributed by atoms with Gasteiger partial charge >= 0.3 is 0 Å². The number of carbonyl (C=O) groups is 1. The minimum absolute atomic E-state index is 0.0822. The number of hydrogen-bond acceptors (Lipinski definition) is 2. The van der Waals surface area contributed by atoms with Crippen molar-refractivity contribution >= 4 is 17.3 Å². The second-order valence-corrected chi connectivity index (χ2v) is 3.01. The quantitative estimate of drug-likeness (QED) is 0.712. The van der Waals surface area contributed by atoms with Crippen molar-refractivity contribution in [2.75, 3.05) is 6.54 Å². The van der Waals surface area contributed by atoms with Crippen LogP contribution in [0.3, 0.4) is 0 Å². The Labute approximate surface area is 82.2 Å². The van der Waals surface area contributed by atoms with Crippen LogP contribution < -0.4 is 5.32 Å². The third kappa shape index (κ3) is 1.44. The average Bonchev–Trinajstić information content (AvgIpc) is 2.39. The Bertz CT molecular complexity index is 421. The zero-order valence-electron chi connectivity index (χ0n) is 7.66. The van der Waals surface area contributed by atoms with Gasteiger partial charge in [-0.25, -0.2) is 0 Å². The van der Waals surface area contributed by atoms with Crippen LogP contribution in [0.1, 0.15) is 10.4 Å². The van der Waals surface area contributed by atoms with Crippen molar-refractivity contribution < 1.29 is 4.79 Å². The molecule has 1 aromatic rings. The topological polar surface area (TPSA) is 41.5 Å². The van der Waals surface area contributed by atoms with Gasteiger partial charge in [-0.05, 0) is 18.2 Å². The number of benzene rings is 1. The minimum Gasteiger partial charge on any atom is -0.346 e. The molecular weight excluding hydrogens is 176 g/mol. The van der Waals surface area contributed by atoms with E-state index < -0.39 is 0 Å². The average molecular weight is 186 g/mol. The van der Waals surface area contributed by atoms with Crippen molar-refractivity contribution in [3.8, 4) is 0 Å². The smallest absolute Gasteiger partial charge is 0.253 e. The highest BCUT2D eigenvalue weighted by Crippen LogP contribution is 2.20. The fourth-order valence-electron chi connectivity index (χ4n) is 1.34. The van der Waals surface area contributed by atoms with E-state index in [4.69, 9.17) is 0 Å². The highest BCUT2D eigenvalue weighted by molar-refractivity contribution is 6.07. The van der Waals surface area contributed by atoms with Crippen LogP contribution in [-0.2, 0) is 0 Å². The number of hydrogen-bond donors (Lipinski definition) is 1. The lowest BCUT2D eigenvalue weighted by atomic mass is 10.2. The van der Waals surface area contributed by atoms with Gasteiger partial charge in [-0.15, -0.1) is 0 Å². The van der Waals surface area contributed by atoms with E-state index in [2.05, 4.69) is 16.9 Å². The SMILES string of the molecule is C=CC1=Nc2ccccc2C(=O)NC1. The van der Waals surface area contributed by atoms with Crippen LogP contribution in [-0.4, -0.2) is 18.2 Å². The first-order valence-corrected chi connectivity index (χ1v) is 4.38. The summed E-state index contributed by atoms with van der Waals surface area (Å²) in [6, 6.07) is 7.28. The summed E-state index contributed by atoms with van der Waals surface area (Å²) >= 11 is 0. The van der Waals surface area contributed by atoms with Crippen LogP contribution in [0, 0.1) is 0 Å². The van der Waals surface area contributed by atoms with Crippen molar-refractivity contribution in [3.63, 3.8) is 0 Å². The molecule has 0 fully saturated rings.